The molecule has 3 rings (SSSR count). The van der Waals surface area contributed by atoms with Gasteiger partial charge < -0.3 is 4.74 Å². The van der Waals surface area contributed by atoms with E-state index in [0.29, 0.717) is 0 Å². The molecule has 0 bridgehead atoms. The van der Waals surface area contributed by atoms with Crippen molar-refractivity contribution in [1.82, 2.24) is 4.98 Å². The first-order valence-corrected chi connectivity index (χ1v) is 5.36. The molecule has 0 unspecified atom stereocenters. The zero-order chi connectivity index (χ0) is 10.3. The minimum absolute atomic E-state index is 0.803. The maximum Gasteiger partial charge on any atom is 0.217 e. The SMILES string of the molecule is Cc1ccc2cc3c(nc2c1)OCCC3. The number of ether oxygens (including phenoxy) is 1. The van der Waals surface area contributed by atoms with Gasteiger partial charge in [0.15, 0.2) is 0 Å². The highest BCUT2D eigenvalue weighted by atomic mass is 16.5. The molecule has 0 saturated carbocycles. The van der Waals surface area contributed by atoms with E-state index in [2.05, 4.69) is 36.2 Å². The molecule has 1 aliphatic rings. The zero-order valence-electron chi connectivity index (χ0n) is 8.79. The van der Waals surface area contributed by atoms with Crippen molar-refractivity contribution in [3.05, 3.63) is 35.4 Å². The first-order valence-electron chi connectivity index (χ1n) is 5.36. The highest BCUT2D eigenvalue weighted by molar-refractivity contribution is 5.80. The Morgan fingerprint density at radius 1 is 1.27 bits per heavy atom. The van der Waals surface area contributed by atoms with Crippen LogP contribution in [0.5, 0.6) is 5.88 Å². The van der Waals surface area contributed by atoms with Gasteiger partial charge in [-0.05, 0) is 37.5 Å². The second-order valence-corrected chi connectivity index (χ2v) is 4.10. The van der Waals surface area contributed by atoms with Gasteiger partial charge in [0.25, 0.3) is 0 Å². The molecule has 0 fully saturated rings. The molecule has 1 aromatic heterocycles. The lowest BCUT2D eigenvalue weighted by Gasteiger charge is -2.16. The number of rotatable bonds is 0. The van der Waals surface area contributed by atoms with E-state index in [1.165, 1.54) is 16.5 Å². The molecule has 0 atom stereocenters. The van der Waals surface area contributed by atoms with Gasteiger partial charge in [0.2, 0.25) is 5.88 Å². The van der Waals surface area contributed by atoms with Crippen LogP contribution in [0.25, 0.3) is 10.9 Å². The van der Waals surface area contributed by atoms with Gasteiger partial charge in [0, 0.05) is 10.9 Å². The second kappa shape index (κ2) is 3.23. The second-order valence-electron chi connectivity index (χ2n) is 4.10. The fourth-order valence-corrected chi connectivity index (χ4v) is 2.04. The van der Waals surface area contributed by atoms with Crippen molar-refractivity contribution >= 4 is 10.9 Å². The number of aryl methyl sites for hydroxylation is 2. The summed E-state index contributed by atoms with van der Waals surface area (Å²) in [6.45, 7) is 2.89. The van der Waals surface area contributed by atoms with E-state index in [9.17, 15) is 0 Å². The summed E-state index contributed by atoms with van der Waals surface area (Å²) in [5.74, 6) is 0.833. The van der Waals surface area contributed by atoms with Gasteiger partial charge in [-0.1, -0.05) is 12.1 Å². The van der Waals surface area contributed by atoms with Crippen LogP contribution in [-0.4, -0.2) is 11.6 Å². The maximum atomic E-state index is 5.56. The molecule has 15 heavy (non-hydrogen) atoms. The molecule has 0 radical (unpaired) electrons. The lowest BCUT2D eigenvalue weighted by Crippen LogP contribution is -2.09. The zero-order valence-corrected chi connectivity index (χ0v) is 8.79. The summed E-state index contributed by atoms with van der Waals surface area (Å²) in [4.78, 5) is 4.55. The molecule has 0 amide bonds. The third kappa shape index (κ3) is 1.46. The average molecular weight is 199 g/mol. The van der Waals surface area contributed by atoms with Crippen molar-refractivity contribution in [2.75, 3.05) is 6.61 Å². The van der Waals surface area contributed by atoms with E-state index >= 15 is 0 Å². The number of nitrogens with zero attached hydrogens (tertiary/aromatic N) is 1. The number of pyridine rings is 1. The Morgan fingerprint density at radius 2 is 2.20 bits per heavy atom. The van der Waals surface area contributed by atoms with Crippen LogP contribution in [0.2, 0.25) is 0 Å². The van der Waals surface area contributed by atoms with Crippen molar-refractivity contribution in [1.29, 1.82) is 0 Å². The van der Waals surface area contributed by atoms with Crippen LogP contribution >= 0.6 is 0 Å². The van der Waals surface area contributed by atoms with Crippen molar-refractivity contribution < 1.29 is 4.74 Å². The maximum absolute atomic E-state index is 5.56. The molecule has 0 saturated heterocycles. The van der Waals surface area contributed by atoms with Crippen LogP contribution in [-0.2, 0) is 6.42 Å². The molecule has 0 N–H and O–H groups in total. The highest BCUT2D eigenvalue weighted by Crippen LogP contribution is 2.26. The van der Waals surface area contributed by atoms with Crippen molar-refractivity contribution in [3.63, 3.8) is 0 Å². The Labute approximate surface area is 88.9 Å². The number of fused-ring (bicyclic) bond motifs is 2. The van der Waals surface area contributed by atoms with E-state index < -0.39 is 0 Å². The molecule has 2 aromatic rings. The molecule has 0 aliphatic carbocycles. The quantitative estimate of drug-likeness (QED) is 0.651. The Kier molecular flexibility index (Phi) is 1.88. The standard InChI is InChI=1S/C13H13NO/c1-9-4-5-10-8-11-3-2-6-15-13(11)14-12(10)7-9/h4-5,7-8H,2-3,6H2,1H3. The molecule has 76 valence electrons. The van der Waals surface area contributed by atoms with Crippen LogP contribution in [0.3, 0.4) is 0 Å². The molecule has 1 aliphatic heterocycles. The van der Waals surface area contributed by atoms with Crippen molar-refractivity contribution in [2.45, 2.75) is 19.8 Å². The lowest BCUT2D eigenvalue weighted by atomic mass is 10.1. The van der Waals surface area contributed by atoms with Gasteiger partial charge in [-0.2, -0.15) is 0 Å². The third-order valence-electron chi connectivity index (χ3n) is 2.84. The third-order valence-corrected chi connectivity index (χ3v) is 2.84. The molecule has 2 heteroatoms. The van der Waals surface area contributed by atoms with Gasteiger partial charge in [-0.15, -0.1) is 0 Å². The molecular formula is C13H13NO. The van der Waals surface area contributed by atoms with Crippen molar-refractivity contribution in [3.8, 4) is 5.88 Å². The number of benzene rings is 1. The fraction of sp³-hybridized carbons (Fsp3) is 0.308. The minimum Gasteiger partial charge on any atom is -0.477 e. The van der Waals surface area contributed by atoms with Crippen LogP contribution in [0.4, 0.5) is 0 Å². The number of hydrogen-bond donors (Lipinski definition) is 0. The van der Waals surface area contributed by atoms with Crippen LogP contribution in [0.1, 0.15) is 17.5 Å². The fourth-order valence-electron chi connectivity index (χ4n) is 2.04. The molecule has 1 aromatic carbocycles. The van der Waals surface area contributed by atoms with Gasteiger partial charge >= 0.3 is 0 Å². The monoisotopic (exact) mass is 199 g/mol. The number of aromatic nitrogens is 1. The summed E-state index contributed by atoms with van der Waals surface area (Å²) < 4.78 is 5.56. The van der Waals surface area contributed by atoms with Gasteiger partial charge in [-0.25, -0.2) is 4.98 Å². The van der Waals surface area contributed by atoms with Gasteiger partial charge in [0.05, 0.1) is 12.1 Å². The molecule has 2 nitrogen and oxygen atoms in total. The van der Waals surface area contributed by atoms with E-state index in [1.807, 2.05) is 0 Å². The van der Waals surface area contributed by atoms with E-state index in [0.717, 1.165) is 30.8 Å². The lowest BCUT2D eigenvalue weighted by molar-refractivity contribution is 0.277. The van der Waals surface area contributed by atoms with E-state index in [4.69, 9.17) is 4.74 Å². The summed E-state index contributed by atoms with van der Waals surface area (Å²) in [6, 6.07) is 8.57. The summed E-state index contributed by atoms with van der Waals surface area (Å²) in [7, 11) is 0. The first-order chi connectivity index (χ1) is 7.33. The topological polar surface area (TPSA) is 22.1 Å². The molecule has 0 spiro atoms. The van der Waals surface area contributed by atoms with Crippen molar-refractivity contribution in [2.24, 2.45) is 0 Å². The minimum atomic E-state index is 0.803. The normalized spacial score (nSPS) is 14.7. The van der Waals surface area contributed by atoms with Crippen LogP contribution in [0.15, 0.2) is 24.3 Å². The Hall–Kier alpha value is -1.57. The predicted octanol–water partition coefficient (Wildman–Crippen LogP) is 2.87. The smallest absolute Gasteiger partial charge is 0.217 e. The summed E-state index contributed by atoms with van der Waals surface area (Å²) >= 11 is 0. The highest BCUT2D eigenvalue weighted by Gasteiger charge is 2.12. The molecule has 2 heterocycles. The van der Waals surface area contributed by atoms with Crippen LogP contribution < -0.4 is 4.74 Å². The van der Waals surface area contributed by atoms with Gasteiger partial charge in [0.1, 0.15) is 0 Å². The molecular weight excluding hydrogens is 186 g/mol. The predicted molar refractivity (Wildman–Crippen MR) is 60.3 cm³/mol. The number of hydrogen-bond acceptors (Lipinski definition) is 2. The Morgan fingerprint density at radius 3 is 3.13 bits per heavy atom. The van der Waals surface area contributed by atoms with Crippen LogP contribution in [0, 0.1) is 6.92 Å². The first kappa shape index (κ1) is 8.72. The summed E-state index contributed by atoms with van der Waals surface area (Å²) in [5, 5.41) is 1.21. The van der Waals surface area contributed by atoms with Gasteiger partial charge in [-0.3, -0.25) is 0 Å². The Balaban J connectivity index is 2.26. The summed E-state index contributed by atoms with van der Waals surface area (Å²) in [6.07, 6.45) is 2.19. The summed E-state index contributed by atoms with van der Waals surface area (Å²) in [5.41, 5.74) is 3.53. The van der Waals surface area contributed by atoms with E-state index in [1.54, 1.807) is 0 Å². The largest absolute Gasteiger partial charge is 0.477 e. The Bertz CT molecular complexity index is 519. The average Bonchev–Trinajstić information content (AvgIpc) is 2.26. The van der Waals surface area contributed by atoms with E-state index in [-0.39, 0.29) is 0 Å².